The molecule has 2 aromatic rings. The number of aryl methyl sites for hydroxylation is 2. The molecule has 0 radical (unpaired) electrons. The van der Waals surface area contributed by atoms with E-state index < -0.39 is 0 Å². The van der Waals surface area contributed by atoms with Crippen molar-refractivity contribution in [3.8, 4) is 0 Å². The van der Waals surface area contributed by atoms with Crippen molar-refractivity contribution in [1.29, 1.82) is 0 Å². The summed E-state index contributed by atoms with van der Waals surface area (Å²) in [7, 11) is 1.59. The van der Waals surface area contributed by atoms with Gasteiger partial charge >= 0.3 is 0 Å². The summed E-state index contributed by atoms with van der Waals surface area (Å²) in [5.74, 6) is 0.826. The average Bonchev–Trinajstić information content (AvgIpc) is 3.05. The number of nitrogens with zero attached hydrogens (tertiary/aromatic N) is 2. The maximum Gasteiger partial charge on any atom is 0.251 e. The van der Waals surface area contributed by atoms with Crippen LogP contribution in [0.5, 0.6) is 0 Å². The van der Waals surface area contributed by atoms with E-state index in [0.717, 1.165) is 17.8 Å². The Labute approximate surface area is 135 Å². The fourth-order valence-electron chi connectivity index (χ4n) is 2.34. The van der Waals surface area contributed by atoms with Crippen LogP contribution in [0.2, 0.25) is 0 Å². The molecule has 122 valence electrons. The van der Waals surface area contributed by atoms with Crippen molar-refractivity contribution < 1.29 is 9.59 Å². The van der Waals surface area contributed by atoms with E-state index in [4.69, 9.17) is 0 Å². The molecule has 2 amide bonds. The molecule has 6 nitrogen and oxygen atoms in total. The lowest BCUT2D eigenvalue weighted by Gasteiger charge is -2.08. The smallest absolute Gasteiger partial charge is 0.251 e. The van der Waals surface area contributed by atoms with E-state index in [2.05, 4.69) is 15.6 Å². The Kier molecular flexibility index (Phi) is 5.91. The second-order valence-electron chi connectivity index (χ2n) is 5.20. The van der Waals surface area contributed by atoms with Crippen molar-refractivity contribution in [2.24, 2.45) is 0 Å². The van der Waals surface area contributed by atoms with Gasteiger partial charge in [0.25, 0.3) is 5.91 Å². The van der Waals surface area contributed by atoms with Gasteiger partial charge in [0.2, 0.25) is 5.91 Å². The number of nitrogens with one attached hydrogen (secondary N) is 2. The molecule has 23 heavy (non-hydrogen) atoms. The number of amides is 2. The Bertz CT molecular complexity index is 679. The molecule has 1 aromatic heterocycles. The van der Waals surface area contributed by atoms with Crippen LogP contribution in [0.4, 0.5) is 0 Å². The summed E-state index contributed by atoms with van der Waals surface area (Å²) in [6.07, 6.45) is 4.89. The Morgan fingerprint density at radius 1 is 1.30 bits per heavy atom. The van der Waals surface area contributed by atoms with Gasteiger partial charge in [-0.3, -0.25) is 9.59 Å². The molecule has 0 aliphatic carbocycles. The van der Waals surface area contributed by atoms with E-state index in [1.54, 1.807) is 25.4 Å². The highest BCUT2D eigenvalue weighted by atomic mass is 16.2. The van der Waals surface area contributed by atoms with Crippen LogP contribution < -0.4 is 10.6 Å². The molecule has 0 spiro atoms. The second kappa shape index (κ2) is 8.12. The van der Waals surface area contributed by atoms with Crippen LogP contribution in [0.25, 0.3) is 0 Å². The molecule has 0 aliphatic rings. The Balaban J connectivity index is 1.83. The molecule has 0 atom stereocenters. The predicted molar refractivity (Wildman–Crippen MR) is 87.9 cm³/mol. The van der Waals surface area contributed by atoms with Crippen molar-refractivity contribution in [1.82, 2.24) is 20.2 Å². The number of hydrogen-bond donors (Lipinski definition) is 2. The number of rotatable bonds is 7. The third kappa shape index (κ3) is 4.67. The molecule has 0 bridgehead atoms. The predicted octanol–water partition coefficient (Wildman–Crippen LogP) is 1.51. The van der Waals surface area contributed by atoms with E-state index in [1.807, 2.05) is 29.8 Å². The molecule has 0 unspecified atom stereocenters. The van der Waals surface area contributed by atoms with Gasteiger partial charge in [0, 0.05) is 50.9 Å². The van der Waals surface area contributed by atoms with Gasteiger partial charge in [-0.25, -0.2) is 4.98 Å². The zero-order valence-corrected chi connectivity index (χ0v) is 13.5. The summed E-state index contributed by atoms with van der Waals surface area (Å²) in [5, 5.41) is 5.46. The van der Waals surface area contributed by atoms with Crippen molar-refractivity contribution in [3.63, 3.8) is 0 Å². The largest absolute Gasteiger partial charge is 0.355 e. The van der Waals surface area contributed by atoms with E-state index in [-0.39, 0.29) is 11.8 Å². The average molecular weight is 314 g/mol. The minimum Gasteiger partial charge on any atom is -0.355 e. The van der Waals surface area contributed by atoms with Gasteiger partial charge in [0.15, 0.2) is 0 Å². The first kappa shape index (κ1) is 16.7. The van der Waals surface area contributed by atoms with E-state index in [0.29, 0.717) is 25.1 Å². The van der Waals surface area contributed by atoms with Crippen LogP contribution in [0.15, 0.2) is 36.7 Å². The van der Waals surface area contributed by atoms with Crippen LogP contribution in [0.1, 0.15) is 35.1 Å². The summed E-state index contributed by atoms with van der Waals surface area (Å²) < 4.78 is 1.99. The maximum absolute atomic E-state index is 12.0. The Morgan fingerprint density at radius 2 is 2.13 bits per heavy atom. The van der Waals surface area contributed by atoms with Crippen molar-refractivity contribution >= 4 is 11.8 Å². The van der Waals surface area contributed by atoms with Gasteiger partial charge in [0.1, 0.15) is 5.82 Å². The first-order valence-corrected chi connectivity index (χ1v) is 7.71. The normalized spacial score (nSPS) is 10.3. The summed E-state index contributed by atoms with van der Waals surface area (Å²) in [6, 6.07) is 7.22. The third-order valence-electron chi connectivity index (χ3n) is 3.60. The molecule has 2 rings (SSSR count). The van der Waals surface area contributed by atoms with Crippen molar-refractivity contribution in [3.05, 3.63) is 53.6 Å². The molecule has 1 heterocycles. The van der Waals surface area contributed by atoms with Gasteiger partial charge in [-0.05, 0) is 17.7 Å². The van der Waals surface area contributed by atoms with Crippen LogP contribution in [0.3, 0.4) is 0 Å². The van der Waals surface area contributed by atoms with E-state index >= 15 is 0 Å². The van der Waals surface area contributed by atoms with Gasteiger partial charge in [0.05, 0.1) is 0 Å². The molecule has 1 aromatic carbocycles. The highest BCUT2D eigenvalue weighted by Crippen LogP contribution is 2.05. The summed E-state index contributed by atoms with van der Waals surface area (Å²) in [6.45, 7) is 3.07. The van der Waals surface area contributed by atoms with Gasteiger partial charge < -0.3 is 15.2 Å². The highest BCUT2D eigenvalue weighted by molar-refractivity contribution is 5.94. The van der Waals surface area contributed by atoms with Crippen LogP contribution in [0, 0.1) is 0 Å². The van der Waals surface area contributed by atoms with Gasteiger partial charge in [-0.2, -0.15) is 0 Å². The zero-order valence-electron chi connectivity index (χ0n) is 13.5. The number of benzene rings is 1. The summed E-state index contributed by atoms with van der Waals surface area (Å²) >= 11 is 0. The topological polar surface area (TPSA) is 76.0 Å². The fourth-order valence-corrected chi connectivity index (χ4v) is 2.34. The molecule has 0 saturated carbocycles. The Morgan fingerprint density at radius 3 is 2.87 bits per heavy atom. The number of hydrogen-bond acceptors (Lipinski definition) is 3. The van der Waals surface area contributed by atoms with Crippen molar-refractivity contribution in [2.75, 3.05) is 7.05 Å². The number of imidazole rings is 1. The molecule has 0 fully saturated rings. The second-order valence-corrected chi connectivity index (χ2v) is 5.20. The first-order valence-electron chi connectivity index (χ1n) is 7.71. The summed E-state index contributed by atoms with van der Waals surface area (Å²) in [5.41, 5.74) is 1.49. The molecular formula is C17H22N4O2. The number of aromatic nitrogens is 2. The molecular weight excluding hydrogens is 292 g/mol. The SMILES string of the molecule is CCc1nccn1CCC(=O)NCc1cccc(C(=O)NC)c1. The third-order valence-corrected chi connectivity index (χ3v) is 3.60. The molecule has 6 heteroatoms. The van der Waals surface area contributed by atoms with Gasteiger partial charge in [-0.1, -0.05) is 19.1 Å². The Hall–Kier alpha value is -2.63. The zero-order chi connectivity index (χ0) is 16.7. The van der Waals surface area contributed by atoms with E-state index in [1.165, 1.54) is 0 Å². The standard InChI is InChI=1S/C17H22N4O2/c1-3-15-19-8-10-21(15)9-7-16(22)20-12-13-5-4-6-14(11-13)17(23)18-2/h4-6,8,10-11H,3,7,9,12H2,1-2H3,(H,18,23)(H,20,22). The highest BCUT2D eigenvalue weighted by Gasteiger charge is 2.07. The maximum atomic E-state index is 12.0. The van der Waals surface area contributed by atoms with Crippen LogP contribution >= 0.6 is 0 Å². The number of carbonyl (C=O) groups excluding carboxylic acids is 2. The van der Waals surface area contributed by atoms with E-state index in [9.17, 15) is 9.59 Å². The molecule has 0 saturated heterocycles. The van der Waals surface area contributed by atoms with Gasteiger partial charge in [-0.15, -0.1) is 0 Å². The lowest BCUT2D eigenvalue weighted by molar-refractivity contribution is -0.121. The molecule has 2 N–H and O–H groups in total. The lowest BCUT2D eigenvalue weighted by Crippen LogP contribution is -2.24. The van der Waals surface area contributed by atoms with Crippen LogP contribution in [-0.2, 0) is 24.3 Å². The monoisotopic (exact) mass is 314 g/mol. The summed E-state index contributed by atoms with van der Waals surface area (Å²) in [4.78, 5) is 27.8. The lowest BCUT2D eigenvalue weighted by atomic mass is 10.1. The number of carbonyl (C=O) groups is 2. The van der Waals surface area contributed by atoms with Crippen LogP contribution in [-0.4, -0.2) is 28.4 Å². The fraction of sp³-hybridized carbons (Fsp3) is 0.353. The minimum atomic E-state index is -0.134. The molecule has 0 aliphatic heterocycles. The minimum absolute atomic E-state index is 0.0221. The van der Waals surface area contributed by atoms with Crippen molar-refractivity contribution in [2.45, 2.75) is 32.9 Å². The first-order chi connectivity index (χ1) is 11.1. The quantitative estimate of drug-likeness (QED) is 0.813.